The van der Waals surface area contributed by atoms with Crippen molar-refractivity contribution in [3.05, 3.63) is 95.6 Å². The molecule has 3 aromatic carbocycles. The lowest BCUT2D eigenvalue weighted by atomic mass is 9.77. The second kappa shape index (κ2) is 12.1. The normalized spacial score (nSPS) is 12.0. The van der Waals surface area contributed by atoms with Crippen LogP contribution in [-0.2, 0) is 26.3 Å². The number of rotatable bonds is 10. The molecular weight excluding hydrogens is 532 g/mol. The van der Waals surface area contributed by atoms with E-state index in [1.54, 1.807) is 30.3 Å². The van der Waals surface area contributed by atoms with Crippen LogP contribution in [0.5, 0.6) is 11.5 Å². The molecule has 39 heavy (non-hydrogen) atoms. The molecule has 12 heteroatoms. The fraction of sp³-hybridized carbons (Fsp3) is 0.259. The molecule has 1 amide bonds. The van der Waals surface area contributed by atoms with E-state index in [1.807, 2.05) is 0 Å². The second-order valence-corrected chi connectivity index (χ2v) is 8.34. The topological polar surface area (TPSA) is 73.9 Å². The molecule has 6 nitrogen and oxygen atoms in total. The third kappa shape index (κ3) is 8.66. The summed E-state index contributed by atoms with van der Waals surface area (Å²) < 4.78 is 90.7. The maximum Gasteiger partial charge on any atom is 0.573 e. The third-order valence-corrected chi connectivity index (χ3v) is 5.57. The van der Waals surface area contributed by atoms with Crippen molar-refractivity contribution < 1.29 is 50.1 Å². The van der Waals surface area contributed by atoms with Crippen molar-refractivity contribution in [2.45, 2.75) is 37.5 Å². The first-order valence-electron chi connectivity index (χ1n) is 11.4. The van der Waals surface area contributed by atoms with Crippen LogP contribution in [0, 0.1) is 0 Å². The standard InChI is InChI=1S/C27H23F6NO5/c1-37-24(36)14-13-23(35)34-25(17-18-7-3-2-4-8-18,19-9-5-11-21(15-19)38-26(28,29)30)20-10-6-12-22(16-20)39-27(31,32)33/h2-12,15-16H,13-14,17H2,1H3,(H,34,35). The number of esters is 1. The Bertz CT molecular complexity index is 1220. The number of ether oxygens (including phenoxy) is 3. The van der Waals surface area contributed by atoms with Crippen molar-refractivity contribution in [1.82, 2.24) is 5.32 Å². The van der Waals surface area contributed by atoms with Crippen LogP contribution in [0.4, 0.5) is 26.3 Å². The van der Waals surface area contributed by atoms with E-state index in [4.69, 9.17) is 0 Å². The summed E-state index contributed by atoms with van der Waals surface area (Å²) in [7, 11) is 1.14. The monoisotopic (exact) mass is 555 g/mol. The van der Waals surface area contributed by atoms with E-state index in [1.165, 1.54) is 24.3 Å². The minimum absolute atomic E-state index is 0.0729. The number of carbonyl (C=O) groups excluding carboxylic acids is 2. The number of amides is 1. The molecule has 3 rings (SSSR count). The summed E-state index contributed by atoms with van der Waals surface area (Å²) >= 11 is 0. The van der Waals surface area contributed by atoms with Crippen molar-refractivity contribution in [3.63, 3.8) is 0 Å². The second-order valence-electron chi connectivity index (χ2n) is 8.34. The first-order valence-corrected chi connectivity index (χ1v) is 11.4. The number of hydrogen-bond donors (Lipinski definition) is 1. The molecule has 0 saturated heterocycles. The number of carbonyl (C=O) groups is 2. The van der Waals surface area contributed by atoms with Crippen LogP contribution in [0.25, 0.3) is 0 Å². The zero-order valence-electron chi connectivity index (χ0n) is 20.4. The minimum atomic E-state index is -5.02. The van der Waals surface area contributed by atoms with Crippen molar-refractivity contribution >= 4 is 11.9 Å². The summed E-state index contributed by atoms with van der Waals surface area (Å²) in [6.07, 6.45) is -10.8. The van der Waals surface area contributed by atoms with Crippen LogP contribution in [0.3, 0.4) is 0 Å². The molecule has 0 bridgehead atoms. The molecule has 0 fully saturated rings. The van der Waals surface area contributed by atoms with E-state index < -0.39 is 41.6 Å². The van der Waals surface area contributed by atoms with Gasteiger partial charge in [-0.25, -0.2) is 0 Å². The first kappa shape index (κ1) is 29.3. The zero-order valence-corrected chi connectivity index (χ0v) is 20.4. The lowest BCUT2D eigenvalue weighted by Crippen LogP contribution is -2.48. The van der Waals surface area contributed by atoms with Crippen LogP contribution in [0.2, 0.25) is 0 Å². The number of nitrogens with one attached hydrogen (secondary N) is 1. The highest BCUT2D eigenvalue weighted by Gasteiger charge is 2.39. The average molecular weight is 555 g/mol. The van der Waals surface area contributed by atoms with Gasteiger partial charge in [0.25, 0.3) is 0 Å². The Morgan fingerprint density at radius 1 is 0.718 bits per heavy atom. The largest absolute Gasteiger partial charge is 0.573 e. The quantitative estimate of drug-likeness (QED) is 0.244. The van der Waals surface area contributed by atoms with Crippen molar-refractivity contribution in [3.8, 4) is 11.5 Å². The molecule has 0 spiro atoms. The summed E-state index contributed by atoms with van der Waals surface area (Å²) in [4.78, 5) is 24.7. The lowest BCUT2D eigenvalue weighted by Gasteiger charge is -2.37. The minimum Gasteiger partial charge on any atom is -0.469 e. The summed E-state index contributed by atoms with van der Waals surface area (Å²) in [5, 5.41) is 2.75. The van der Waals surface area contributed by atoms with Crippen molar-refractivity contribution in [2.24, 2.45) is 0 Å². The van der Waals surface area contributed by atoms with Crippen LogP contribution in [0.1, 0.15) is 29.5 Å². The van der Waals surface area contributed by atoms with Gasteiger partial charge in [-0.15, -0.1) is 26.3 Å². The fourth-order valence-corrected chi connectivity index (χ4v) is 4.00. The van der Waals surface area contributed by atoms with Gasteiger partial charge in [0.2, 0.25) is 5.91 Å². The van der Waals surface area contributed by atoms with Gasteiger partial charge in [0, 0.05) is 12.8 Å². The van der Waals surface area contributed by atoms with Crippen molar-refractivity contribution in [2.75, 3.05) is 7.11 Å². The molecule has 0 aliphatic rings. The summed E-state index contributed by atoms with van der Waals surface area (Å²) in [5.74, 6) is -2.60. The Morgan fingerprint density at radius 3 is 1.69 bits per heavy atom. The predicted octanol–water partition coefficient (Wildman–Crippen LogP) is 6.04. The van der Waals surface area contributed by atoms with E-state index in [9.17, 15) is 35.9 Å². The Labute approximate surface area is 219 Å². The number of halogens is 6. The SMILES string of the molecule is COC(=O)CCC(=O)NC(Cc1ccccc1)(c1cccc(OC(F)(F)F)c1)c1cccc(OC(F)(F)F)c1. The number of methoxy groups -OCH3 is 1. The molecule has 0 aliphatic carbocycles. The summed E-state index contributed by atoms with van der Waals surface area (Å²) in [5.41, 5.74) is -0.979. The van der Waals surface area contributed by atoms with E-state index in [2.05, 4.69) is 19.5 Å². The molecule has 0 atom stereocenters. The molecule has 0 heterocycles. The number of alkyl halides is 6. The molecule has 0 unspecified atom stereocenters. The number of benzene rings is 3. The van der Waals surface area contributed by atoms with Crippen LogP contribution in [0.15, 0.2) is 78.9 Å². The number of hydrogen-bond acceptors (Lipinski definition) is 5. The highest BCUT2D eigenvalue weighted by atomic mass is 19.4. The zero-order chi connectivity index (χ0) is 28.7. The van der Waals surface area contributed by atoms with E-state index in [-0.39, 0.29) is 30.4 Å². The van der Waals surface area contributed by atoms with Gasteiger partial charge >= 0.3 is 18.7 Å². The molecule has 0 saturated carbocycles. The molecule has 3 aromatic rings. The van der Waals surface area contributed by atoms with E-state index in [0.29, 0.717) is 5.56 Å². The third-order valence-electron chi connectivity index (χ3n) is 5.57. The molecule has 0 aromatic heterocycles. The Morgan fingerprint density at radius 2 is 1.23 bits per heavy atom. The van der Waals surface area contributed by atoms with Crippen LogP contribution in [-0.4, -0.2) is 31.7 Å². The first-order chi connectivity index (χ1) is 18.3. The summed E-state index contributed by atoms with van der Waals surface area (Å²) in [6.45, 7) is 0. The van der Waals surface area contributed by atoms with Gasteiger partial charge in [0.1, 0.15) is 11.5 Å². The van der Waals surface area contributed by atoms with Gasteiger partial charge in [0.15, 0.2) is 0 Å². The maximum absolute atomic E-state index is 13.1. The lowest BCUT2D eigenvalue weighted by molar-refractivity contribution is -0.275. The van der Waals surface area contributed by atoms with Gasteiger partial charge in [-0.3, -0.25) is 9.59 Å². The van der Waals surface area contributed by atoms with Crippen LogP contribution >= 0.6 is 0 Å². The molecule has 1 N–H and O–H groups in total. The Balaban J connectivity index is 2.21. The van der Waals surface area contributed by atoms with E-state index >= 15 is 0 Å². The van der Waals surface area contributed by atoms with Gasteiger partial charge in [-0.2, -0.15) is 0 Å². The van der Waals surface area contributed by atoms with Crippen LogP contribution < -0.4 is 14.8 Å². The van der Waals surface area contributed by atoms with Gasteiger partial charge in [0.05, 0.1) is 19.1 Å². The predicted molar refractivity (Wildman–Crippen MR) is 127 cm³/mol. The van der Waals surface area contributed by atoms with Crippen molar-refractivity contribution in [1.29, 1.82) is 0 Å². The Hall–Kier alpha value is -4.22. The molecule has 0 aliphatic heterocycles. The van der Waals surface area contributed by atoms with E-state index in [0.717, 1.165) is 31.4 Å². The molecular formula is C27H23F6NO5. The van der Waals surface area contributed by atoms with Gasteiger partial charge < -0.3 is 19.5 Å². The average Bonchev–Trinajstić information content (AvgIpc) is 2.85. The Kier molecular flexibility index (Phi) is 9.10. The highest BCUT2D eigenvalue weighted by molar-refractivity contribution is 5.82. The summed E-state index contributed by atoms with van der Waals surface area (Å²) in [6, 6.07) is 17.9. The highest BCUT2D eigenvalue weighted by Crippen LogP contribution is 2.38. The van der Waals surface area contributed by atoms with Gasteiger partial charge in [-0.1, -0.05) is 54.6 Å². The molecule has 0 radical (unpaired) electrons. The smallest absolute Gasteiger partial charge is 0.469 e. The van der Waals surface area contributed by atoms with Gasteiger partial charge in [-0.05, 0) is 41.0 Å². The maximum atomic E-state index is 13.1. The molecule has 208 valence electrons. The fourth-order valence-electron chi connectivity index (χ4n) is 4.00.